The van der Waals surface area contributed by atoms with Gasteiger partial charge in [-0.05, 0) is 79.7 Å². The molecule has 2 aromatic carbocycles. The fraction of sp³-hybridized carbons (Fsp3) is 0.575. The van der Waals surface area contributed by atoms with Crippen LogP contribution in [0, 0.1) is 33.5 Å². The zero-order valence-electron chi connectivity index (χ0n) is 28.8. The second-order valence-electron chi connectivity index (χ2n) is 16.0. The van der Waals surface area contributed by atoms with E-state index in [9.17, 15) is 23.4 Å². The molecule has 7 nitrogen and oxygen atoms in total. The molecule has 2 spiro atoms. The maximum absolute atomic E-state index is 14.9. The van der Waals surface area contributed by atoms with E-state index >= 15 is 0 Å². The third-order valence-electron chi connectivity index (χ3n) is 13.9. The van der Waals surface area contributed by atoms with Gasteiger partial charge in [-0.25, -0.2) is 8.42 Å². The van der Waals surface area contributed by atoms with Crippen molar-refractivity contribution in [3.05, 3.63) is 84.0 Å². The average Bonchev–Trinajstić information content (AvgIpc) is 3.34. The molecule has 2 N–H and O–H groups in total. The third kappa shape index (κ3) is 4.88. The van der Waals surface area contributed by atoms with E-state index in [4.69, 9.17) is 4.74 Å². The van der Waals surface area contributed by atoms with Crippen LogP contribution in [0.2, 0.25) is 0 Å². The Kier molecular flexibility index (Phi) is 8.27. The first-order chi connectivity index (χ1) is 22.7. The van der Waals surface area contributed by atoms with Crippen molar-refractivity contribution in [1.82, 2.24) is 4.31 Å². The Bertz CT molecular complexity index is 1740. The van der Waals surface area contributed by atoms with Gasteiger partial charge < -0.3 is 14.9 Å². The summed E-state index contributed by atoms with van der Waals surface area (Å²) in [7, 11) is -1.97. The van der Waals surface area contributed by atoms with Crippen LogP contribution in [0.1, 0.15) is 75.6 Å². The molecule has 48 heavy (non-hydrogen) atoms. The molecule has 2 aromatic rings. The van der Waals surface area contributed by atoms with Gasteiger partial charge in [0.1, 0.15) is 0 Å². The molecule has 0 radical (unpaired) electrons. The Morgan fingerprint density at radius 3 is 2.25 bits per heavy atom. The topological polar surface area (TPSA) is 104 Å². The number of fused-ring (bicyclic) bond motifs is 1. The number of aliphatic hydroxyl groups is 2. The fourth-order valence-corrected chi connectivity index (χ4v) is 12.1. The van der Waals surface area contributed by atoms with Crippen LogP contribution in [0.5, 0.6) is 0 Å². The van der Waals surface area contributed by atoms with Crippen molar-refractivity contribution in [2.75, 3.05) is 33.1 Å². The smallest absolute Gasteiger partial charge is 0.211 e. The standard InChI is InChI=1S/C40H51NO6S/c1-36-18-15-31(42)25-38(36)21-22-40(32(26-38)35(43)30-13-11-29(12-14-30)28-9-6-5-7-10-28)33(36)16-19-37(2)34(40)17-20-39(37,44)27-41(48(4,45)46)23-8-24-47-3/h5-7,9-14,21-22,26,31,33-34,42,44H,8,15-20,23-25,27H2,1-4H3. The summed E-state index contributed by atoms with van der Waals surface area (Å²) in [5, 5.41) is 23.7. The van der Waals surface area contributed by atoms with Crippen molar-refractivity contribution < 1.29 is 28.2 Å². The Labute approximate surface area is 286 Å². The number of nitrogens with zero attached hydrogens (tertiary/aromatic N) is 1. The summed E-state index contributed by atoms with van der Waals surface area (Å²) in [5.41, 5.74) is 0.581. The average molecular weight is 674 g/mol. The van der Waals surface area contributed by atoms with E-state index in [1.807, 2.05) is 42.5 Å². The number of Topliss-reactive ketones (excluding diaryl/α,β-unsaturated/α-hetero) is 1. The van der Waals surface area contributed by atoms with Crippen LogP contribution in [0.15, 0.2) is 78.4 Å². The Hall–Kier alpha value is -2.62. The zero-order valence-corrected chi connectivity index (χ0v) is 29.6. The first kappa shape index (κ1) is 33.9. The predicted octanol–water partition coefficient (Wildman–Crippen LogP) is 6.43. The summed E-state index contributed by atoms with van der Waals surface area (Å²) in [5.74, 6) is 0.136. The highest BCUT2D eigenvalue weighted by atomic mass is 32.2. The van der Waals surface area contributed by atoms with E-state index in [1.165, 1.54) is 10.6 Å². The van der Waals surface area contributed by atoms with Crippen molar-refractivity contribution in [2.24, 2.45) is 33.5 Å². The van der Waals surface area contributed by atoms with Crippen LogP contribution in [0.25, 0.3) is 11.1 Å². The third-order valence-corrected chi connectivity index (χ3v) is 15.1. The van der Waals surface area contributed by atoms with Crippen LogP contribution in [-0.4, -0.2) is 73.5 Å². The number of sulfonamides is 1. The second-order valence-corrected chi connectivity index (χ2v) is 18.0. The second kappa shape index (κ2) is 11.7. The van der Waals surface area contributed by atoms with E-state index in [1.54, 1.807) is 7.11 Å². The first-order valence-electron chi connectivity index (χ1n) is 17.7. The van der Waals surface area contributed by atoms with E-state index in [0.29, 0.717) is 37.9 Å². The van der Waals surface area contributed by atoms with Gasteiger partial charge in [-0.3, -0.25) is 4.79 Å². The quantitative estimate of drug-likeness (QED) is 0.171. The Morgan fingerprint density at radius 1 is 0.917 bits per heavy atom. The van der Waals surface area contributed by atoms with Crippen LogP contribution < -0.4 is 0 Å². The number of benzene rings is 2. The fourth-order valence-electron chi connectivity index (χ4n) is 11.2. The van der Waals surface area contributed by atoms with Gasteiger partial charge in [0.2, 0.25) is 10.0 Å². The number of allylic oxidation sites excluding steroid dienone is 4. The highest BCUT2D eigenvalue weighted by Crippen LogP contribution is 2.78. The summed E-state index contributed by atoms with van der Waals surface area (Å²) in [6.07, 6.45) is 13.2. The Morgan fingerprint density at radius 2 is 1.56 bits per heavy atom. The van der Waals surface area contributed by atoms with Crippen molar-refractivity contribution in [1.29, 1.82) is 0 Å². The Balaban J connectivity index is 1.31. The minimum Gasteiger partial charge on any atom is -0.393 e. The maximum atomic E-state index is 14.9. The molecule has 8 atom stereocenters. The number of ether oxygens (including phenoxy) is 1. The van der Waals surface area contributed by atoms with Gasteiger partial charge in [-0.15, -0.1) is 0 Å². The molecular formula is C40H51NO6S. The molecule has 6 aliphatic carbocycles. The van der Waals surface area contributed by atoms with Crippen molar-refractivity contribution in [3.8, 4) is 11.1 Å². The summed E-state index contributed by atoms with van der Waals surface area (Å²) >= 11 is 0. The van der Waals surface area contributed by atoms with Gasteiger partial charge in [-0.1, -0.05) is 86.7 Å². The van der Waals surface area contributed by atoms with Gasteiger partial charge in [0.25, 0.3) is 0 Å². The van der Waals surface area contributed by atoms with Crippen LogP contribution >= 0.6 is 0 Å². The van der Waals surface area contributed by atoms with E-state index in [0.717, 1.165) is 42.4 Å². The number of ketones is 1. The first-order valence-corrected chi connectivity index (χ1v) is 19.6. The van der Waals surface area contributed by atoms with E-state index < -0.39 is 38.0 Å². The largest absolute Gasteiger partial charge is 0.393 e. The van der Waals surface area contributed by atoms with Crippen LogP contribution in [-0.2, 0) is 14.8 Å². The maximum Gasteiger partial charge on any atom is 0.211 e. The number of aliphatic hydroxyl groups excluding tert-OH is 1. The molecule has 0 aliphatic heterocycles. The van der Waals surface area contributed by atoms with Crippen molar-refractivity contribution >= 4 is 15.8 Å². The molecule has 8 rings (SSSR count). The lowest BCUT2D eigenvalue weighted by Gasteiger charge is -2.71. The number of carbonyl (C=O) groups excluding carboxylic acids is 1. The van der Waals surface area contributed by atoms with Gasteiger partial charge in [0.15, 0.2) is 5.78 Å². The normalized spacial score (nSPS) is 38.3. The minimum absolute atomic E-state index is 0.0162. The summed E-state index contributed by atoms with van der Waals surface area (Å²) < 4.78 is 32.6. The molecular weight excluding hydrogens is 623 g/mol. The summed E-state index contributed by atoms with van der Waals surface area (Å²) in [6, 6.07) is 18.1. The molecule has 6 aliphatic rings. The molecule has 3 fully saturated rings. The lowest BCUT2D eigenvalue weighted by atomic mass is 9.32. The zero-order chi connectivity index (χ0) is 34.2. The molecule has 3 saturated carbocycles. The SMILES string of the molecule is COCCCN(CC1(O)CCC2C34C=CC5(C=C3C(=O)c3ccc(-c6ccccc6)cc3)CC(O)CCC5(C)C4CCC21C)S(C)(=O)=O. The van der Waals surface area contributed by atoms with Crippen LogP contribution in [0.4, 0.5) is 0 Å². The number of hydrogen-bond donors (Lipinski definition) is 2. The van der Waals surface area contributed by atoms with Crippen molar-refractivity contribution in [3.63, 3.8) is 0 Å². The highest BCUT2D eigenvalue weighted by molar-refractivity contribution is 7.88. The molecule has 2 bridgehead atoms. The summed E-state index contributed by atoms with van der Waals surface area (Å²) in [4.78, 5) is 14.9. The van der Waals surface area contributed by atoms with E-state index in [-0.39, 0.29) is 36.1 Å². The van der Waals surface area contributed by atoms with Gasteiger partial charge in [0, 0.05) is 54.2 Å². The van der Waals surface area contributed by atoms with Gasteiger partial charge in [0.05, 0.1) is 18.0 Å². The lowest BCUT2D eigenvalue weighted by molar-refractivity contribution is -0.173. The van der Waals surface area contributed by atoms with Gasteiger partial charge in [-0.2, -0.15) is 4.31 Å². The predicted molar refractivity (Wildman–Crippen MR) is 188 cm³/mol. The number of hydrogen-bond acceptors (Lipinski definition) is 6. The molecule has 258 valence electrons. The van der Waals surface area contributed by atoms with Crippen molar-refractivity contribution in [2.45, 2.75) is 76.9 Å². The lowest BCUT2D eigenvalue weighted by Crippen LogP contribution is -2.67. The number of rotatable bonds is 10. The monoisotopic (exact) mass is 673 g/mol. The van der Waals surface area contributed by atoms with Gasteiger partial charge >= 0.3 is 0 Å². The summed E-state index contributed by atoms with van der Waals surface area (Å²) in [6.45, 7) is 5.29. The number of carbonyl (C=O) groups is 1. The molecule has 0 heterocycles. The molecule has 0 aromatic heterocycles. The van der Waals surface area contributed by atoms with Crippen LogP contribution in [0.3, 0.4) is 0 Å². The van der Waals surface area contributed by atoms with E-state index in [2.05, 4.69) is 44.2 Å². The molecule has 0 saturated heterocycles. The molecule has 0 amide bonds. The number of methoxy groups -OCH3 is 1. The minimum atomic E-state index is -3.57. The molecule has 8 heteroatoms. The highest BCUT2D eigenvalue weighted by Gasteiger charge is 2.74. The molecule has 8 unspecified atom stereocenters.